The highest BCUT2D eigenvalue weighted by Gasteiger charge is 2.23. The summed E-state index contributed by atoms with van der Waals surface area (Å²) < 4.78 is 9.61. The second-order valence-corrected chi connectivity index (χ2v) is 5.20. The molecular formula is C18H15N2O2+. The molecule has 0 aliphatic carbocycles. The number of rotatable bonds is 2. The monoisotopic (exact) mass is 291 g/mol. The van der Waals surface area contributed by atoms with Crippen molar-refractivity contribution in [2.75, 3.05) is 0 Å². The minimum Gasteiger partial charge on any atom is -0.383 e. The lowest BCUT2D eigenvalue weighted by molar-refractivity contribution is -0.674. The summed E-state index contributed by atoms with van der Waals surface area (Å²) in [5.41, 5.74) is 2.27. The Morgan fingerprint density at radius 3 is 2.41 bits per heavy atom. The molecule has 0 saturated carbocycles. The number of benzene rings is 2. The first-order valence-electron chi connectivity index (χ1n) is 7.31. The minimum atomic E-state index is -0.295. The summed E-state index contributed by atoms with van der Waals surface area (Å²) in [5.74, 6) is 0. The van der Waals surface area contributed by atoms with E-state index < -0.39 is 0 Å². The van der Waals surface area contributed by atoms with Crippen LogP contribution in [0.1, 0.15) is 6.92 Å². The Morgan fingerprint density at radius 1 is 1.00 bits per heavy atom. The SMILES string of the molecule is CC[n+]1cn(-c2ccccc2)c2c3ccccc3c(=O)oc21. The van der Waals surface area contributed by atoms with E-state index in [1.807, 2.05) is 66.3 Å². The molecule has 2 heterocycles. The number of nitrogens with zero attached hydrogens (tertiary/aromatic N) is 2. The van der Waals surface area contributed by atoms with Crippen LogP contribution in [-0.4, -0.2) is 4.57 Å². The zero-order chi connectivity index (χ0) is 15.1. The molecule has 0 radical (unpaired) electrons. The van der Waals surface area contributed by atoms with Gasteiger partial charge in [0.05, 0.1) is 11.9 Å². The molecule has 0 atom stereocenters. The predicted octanol–water partition coefficient (Wildman–Crippen LogP) is 3.04. The summed E-state index contributed by atoms with van der Waals surface area (Å²) in [6.07, 6.45) is 1.98. The van der Waals surface area contributed by atoms with Crippen molar-refractivity contribution < 1.29 is 8.98 Å². The molecule has 0 unspecified atom stereocenters. The van der Waals surface area contributed by atoms with Gasteiger partial charge in [0.2, 0.25) is 5.52 Å². The van der Waals surface area contributed by atoms with Crippen molar-refractivity contribution in [3.63, 3.8) is 0 Å². The number of aromatic nitrogens is 2. The Hall–Kier alpha value is -2.88. The molecule has 0 amide bonds. The fourth-order valence-corrected chi connectivity index (χ4v) is 2.86. The van der Waals surface area contributed by atoms with E-state index in [0.717, 1.165) is 23.1 Å². The predicted molar refractivity (Wildman–Crippen MR) is 85.2 cm³/mol. The van der Waals surface area contributed by atoms with E-state index in [0.29, 0.717) is 11.1 Å². The lowest BCUT2D eigenvalue weighted by atomic mass is 10.1. The van der Waals surface area contributed by atoms with Crippen molar-refractivity contribution in [1.29, 1.82) is 0 Å². The van der Waals surface area contributed by atoms with E-state index in [1.54, 1.807) is 6.07 Å². The molecule has 108 valence electrons. The summed E-state index contributed by atoms with van der Waals surface area (Å²) in [6.45, 7) is 2.77. The molecule has 0 N–H and O–H groups in total. The molecule has 4 rings (SSSR count). The first kappa shape index (κ1) is 12.8. The standard InChI is InChI=1S/C18H15N2O2/c1-2-19-12-20(13-8-4-3-5-9-13)16-14-10-6-7-11-15(14)18(21)22-17(16)19/h3-12H,2H2,1H3/q+1. The van der Waals surface area contributed by atoms with E-state index in [-0.39, 0.29) is 5.63 Å². The van der Waals surface area contributed by atoms with Gasteiger partial charge in [-0.3, -0.25) is 0 Å². The van der Waals surface area contributed by atoms with Crippen LogP contribution < -0.4 is 10.2 Å². The second kappa shape index (κ2) is 4.84. The van der Waals surface area contributed by atoms with E-state index in [2.05, 4.69) is 4.57 Å². The summed E-state index contributed by atoms with van der Waals surface area (Å²) >= 11 is 0. The Kier molecular flexibility index (Phi) is 2.82. The van der Waals surface area contributed by atoms with Crippen LogP contribution in [0.2, 0.25) is 0 Å². The zero-order valence-corrected chi connectivity index (χ0v) is 12.2. The summed E-state index contributed by atoms with van der Waals surface area (Å²) in [4.78, 5) is 12.2. The molecule has 0 fully saturated rings. The molecule has 0 saturated heterocycles. The molecule has 4 heteroatoms. The number of fused-ring (bicyclic) bond motifs is 3. The Bertz CT molecular complexity index is 1030. The van der Waals surface area contributed by atoms with Gasteiger partial charge in [0.1, 0.15) is 5.69 Å². The molecule has 0 spiro atoms. The van der Waals surface area contributed by atoms with E-state index in [1.165, 1.54) is 0 Å². The lowest BCUT2D eigenvalue weighted by Crippen LogP contribution is -2.30. The van der Waals surface area contributed by atoms with Gasteiger partial charge in [0.25, 0.3) is 6.33 Å². The van der Waals surface area contributed by atoms with Crippen molar-refractivity contribution in [2.45, 2.75) is 13.5 Å². The maximum atomic E-state index is 12.2. The number of para-hydroxylation sites is 1. The van der Waals surface area contributed by atoms with Gasteiger partial charge in [0, 0.05) is 5.39 Å². The maximum Gasteiger partial charge on any atom is 0.347 e. The highest BCUT2D eigenvalue weighted by atomic mass is 16.4. The Balaban J connectivity index is 2.23. The van der Waals surface area contributed by atoms with Gasteiger partial charge in [0.15, 0.2) is 0 Å². The number of hydrogen-bond acceptors (Lipinski definition) is 2. The lowest BCUT2D eigenvalue weighted by Gasteiger charge is -1.99. The van der Waals surface area contributed by atoms with E-state index in [9.17, 15) is 4.79 Å². The minimum absolute atomic E-state index is 0.295. The summed E-state index contributed by atoms with van der Waals surface area (Å²) in [7, 11) is 0. The van der Waals surface area contributed by atoms with Crippen LogP contribution in [0.25, 0.3) is 27.7 Å². The first-order valence-corrected chi connectivity index (χ1v) is 7.31. The van der Waals surface area contributed by atoms with Gasteiger partial charge in [-0.05, 0) is 31.2 Å². The topological polar surface area (TPSA) is 39.0 Å². The molecule has 4 aromatic rings. The zero-order valence-electron chi connectivity index (χ0n) is 12.2. The Morgan fingerprint density at radius 2 is 1.68 bits per heavy atom. The maximum absolute atomic E-state index is 12.2. The molecule has 0 aliphatic rings. The summed E-state index contributed by atoms with van der Waals surface area (Å²) in [6, 6.07) is 17.6. The molecule has 2 aromatic carbocycles. The molecule has 4 nitrogen and oxygen atoms in total. The van der Waals surface area contributed by atoms with E-state index in [4.69, 9.17) is 4.42 Å². The van der Waals surface area contributed by atoms with Crippen molar-refractivity contribution >= 4 is 22.0 Å². The van der Waals surface area contributed by atoms with Gasteiger partial charge >= 0.3 is 11.3 Å². The molecule has 0 aliphatic heterocycles. The fourth-order valence-electron chi connectivity index (χ4n) is 2.86. The van der Waals surface area contributed by atoms with Gasteiger partial charge in [-0.25, -0.2) is 4.79 Å². The van der Waals surface area contributed by atoms with Crippen LogP contribution in [0.4, 0.5) is 0 Å². The highest BCUT2D eigenvalue weighted by molar-refractivity contribution is 6.00. The number of aryl methyl sites for hydroxylation is 1. The quantitative estimate of drug-likeness (QED) is 0.532. The largest absolute Gasteiger partial charge is 0.383 e. The van der Waals surface area contributed by atoms with E-state index >= 15 is 0 Å². The third-order valence-corrected chi connectivity index (χ3v) is 3.93. The molecule has 22 heavy (non-hydrogen) atoms. The van der Waals surface area contributed by atoms with Crippen LogP contribution in [0.3, 0.4) is 0 Å². The van der Waals surface area contributed by atoms with Crippen molar-refractivity contribution in [3.05, 3.63) is 71.3 Å². The van der Waals surface area contributed by atoms with Gasteiger partial charge < -0.3 is 4.42 Å². The van der Waals surface area contributed by atoms with Gasteiger partial charge in [-0.15, -0.1) is 0 Å². The third kappa shape index (κ3) is 1.77. The van der Waals surface area contributed by atoms with Crippen LogP contribution in [-0.2, 0) is 6.54 Å². The van der Waals surface area contributed by atoms with Gasteiger partial charge in [-0.1, -0.05) is 30.3 Å². The average molecular weight is 291 g/mol. The number of hydrogen-bond donors (Lipinski definition) is 0. The van der Waals surface area contributed by atoms with Crippen molar-refractivity contribution in [1.82, 2.24) is 4.57 Å². The average Bonchev–Trinajstić information content (AvgIpc) is 2.94. The van der Waals surface area contributed by atoms with Crippen molar-refractivity contribution in [3.8, 4) is 5.69 Å². The molecule has 2 aromatic heterocycles. The van der Waals surface area contributed by atoms with Gasteiger partial charge in [-0.2, -0.15) is 9.13 Å². The number of imidazole rings is 1. The van der Waals surface area contributed by atoms with Crippen LogP contribution in [0.15, 0.2) is 70.1 Å². The smallest absolute Gasteiger partial charge is 0.347 e. The van der Waals surface area contributed by atoms with Crippen LogP contribution in [0, 0.1) is 0 Å². The fraction of sp³-hybridized carbons (Fsp3) is 0.111. The molecular weight excluding hydrogens is 276 g/mol. The van der Waals surface area contributed by atoms with Crippen LogP contribution in [0.5, 0.6) is 0 Å². The second-order valence-electron chi connectivity index (χ2n) is 5.20. The van der Waals surface area contributed by atoms with Crippen molar-refractivity contribution in [2.24, 2.45) is 0 Å². The highest BCUT2D eigenvalue weighted by Crippen LogP contribution is 2.24. The van der Waals surface area contributed by atoms with Crippen LogP contribution >= 0.6 is 0 Å². The first-order chi connectivity index (χ1) is 10.8. The third-order valence-electron chi connectivity index (χ3n) is 3.93. The Labute approximate surface area is 126 Å². The summed E-state index contributed by atoms with van der Waals surface area (Å²) in [5, 5.41) is 1.51. The molecule has 0 bridgehead atoms. The normalized spacial score (nSPS) is 11.3.